The third-order valence-corrected chi connectivity index (χ3v) is 4.10. The van der Waals surface area contributed by atoms with Gasteiger partial charge in [-0.1, -0.05) is 17.7 Å². The molecule has 2 N–H and O–H groups in total. The van der Waals surface area contributed by atoms with E-state index in [1.54, 1.807) is 0 Å². The van der Waals surface area contributed by atoms with Crippen molar-refractivity contribution in [3.63, 3.8) is 0 Å². The Hall–Kier alpha value is -1.77. The molecule has 0 bridgehead atoms. The number of nitrogens with one attached hydrogen (secondary N) is 2. The predicted octanol–water partition coefficient (Wildman–Crippen LogP) is 3.68. The lowest BCUT2D eigenvalue weighted by Gasteiger charge is -2.34. The van der Waals surface area contributed by atoms with Crippen LogP contribution < -0.4 is 10.2 Å². The summed E-state index contributed by atoms with van der Waals surface area (Å²) < 4.78 is 0. The van der Waals surface area contributed by atoms with Crippen LogP contribution in [0, 0.1) is 26.2 Å². The fourth-order valence-corrected chi connectivity index (χ4v) is 3.14. The summed E-state index contributed by atoms with van der Waals surface area (Å²) in [5, 5.41) is 11.7. The minimum Gasteiger partial charge on any atom is -0.391 e. The smallest absolute Gasteiger partial charge is 0.130 e. The molecule has 1 aliphatic rings. The van der Waals surface area contributed by atoms with Crippen molar-refractivity contribution in [1.29, 1.82) is 5.41 Å². The normalized spacial score (nSPS) is 18.2. The molecule has 1 aromatic rings. The highest BCUT2D eigenvalue weighted by Crippen LogP contribution is 2.31. The summed E-state index contributed by atoms with van der Waals surface area (Å²) in [6.45, 7) is 9.41. The fraction of sp³-hybridized carbons (Fsp3) is 0.471. The second kappa shape index (κ2) is 5.70. The predicted molar refractivity (Wildman–Crippen MR) is 86.7 cm³/mol. The molecule has 0 saturated carbocycles. The molecule has 1 aliphatic heterocycles. The number of allylic oxidation sites excluding steroid dienone is 1. The molecule has 0 spiro atoms. The van der Waals surface area contributed by atoms with E-state index in [-0.39, 0.29) is 0 Å². The summed E-state index contributed by atoms with van der Waals surface area (Å²) in [5.41, 5.74) is 7.27. The van der Waals surface area contributed by atoms with E-state index in [0.29, 0.717) is 5.84 Å². The van der Waals surface area contributed by atoms with Gasteiger partial charge in [-0.25, -0.2) is 0 Å². The van der Waals surface area contributed by atoms with Gasteiger partial charge in [0.05, 0.1) is 0 Å². The molecule has 0 atom stereocenters. The van der Waals surface area contributed by atoms with E-state index in [2.05, 4.69) is 50.0 Å². The van der Waals surface area contributed by atoms with E-state index in [1.807, 2.05) is 7.05 Å². The highest BCUT2D eigenvalue weighted by molar-refractivity contribution is 6.09. The number of hydrogen-bond donors (Lipinski definition) is 2. The number of hydrogen-bond acceptors (Lipinski definition) is 2. The monoisotopic (exact) mass is 271 g/mol. The van der Waals surface area contributed by atoms with Crippen molar-refractivity contribution in [2.24, 2.45) is 0 Å². The van der Waals surface area contributed by atoms with E-state index in [1.165, 1.54) is 22.4 Å². The Morgan fingerprint density at radius 2 is 1.80 bits per heavy atom. The first-order valence-corrected chi connectivity index (χ1v) is 7.27. The summed E-state index contributed by atoms with van der Waals surface area (Å²) in [4.78, 5) is 2.17. The zero-order chi connectivity index (χ0) is 14.9. The Morgan fingerprint density at radius 3 is 2.35 bits per heavy atom. The van der Waals surface area contributed by atoms with Gasteiger partial charge >= 0.3 is 0 Å². The van der Waals surface area contributed by atoms with E-state index >= 15 is 0 Å². The molecule has 3 nitrogen and oxygen atoms in total. The highest BCUT2D eigenvalue weighted by Gasteiger charge is 2.24. The summed E-state index contributed by atoms with van der Waals surface area (Å²) in [7, 11) is 1.93. The van der Waals surface area contributed by atoms with E-state index in [4.69, 9.17) is 5.41 Å². The van der Waals surface area contributed by atoms with Crippen LogP contribution in [-0.2, 0) is 0 Å². The molecule has 0 radical (unpaired) electrons. The molecule has 0 unspecified atom stereocenters. The molecule has 3 heteroatoms. The number of anilines is 1. The number of nitrogens with zero attached hydrogens (tertiary/aromatic N) is 1. The Balaban J connectivity index is 2.46. The van der Waals surface area contributed by atoms with Crippen molar-refractivity contribution in [3.05, 3.63) is 40.1 Å². The molecule has 0 aliphatic carbocycles. The average Bonchev–Trinajstić information content (AvgIpc) is 2.38. The van der Waals surface area contributed by atoms with E-state index in [0.717, 1.165) is 30.7 Å². The Labute approximate surface area is 122 Å². The van der Waals surface area contributed by atoms with Gasteiger partial charge in [0.1, 0.15) is 5.84 Å². The SMILES string of the molecule is CN/C(C)=C1/CCCN(c2c(C)cc(C)cc2C)C1=N. The van der Waals surface area contributed by atoms with Crippen LogP contribution in [-0.4, -0.2) is 19.4 Å². The summed E-state index contributed by atoms with van der Waals surface area (Å²) in [6.07, 6.45) is 2.09. The van der Waals surface area contributed by atoms with Gasteiger partial charge in [0, 0.05) is 30.5 Å². The van der Waals surface area contributed by atoms with E-state index < -0.39 is 0 Å². The van der Waals surface area contributed by atoms with Crippen molar-refractivity contribution in [2.45, 2.75) is 40.5 Å². The quantitative estimate of drug-likeness (QED) is 0.861. The van der Waals surface area contributed by atoms with Gasteiger partial charge in [-0.15, -0.1) is 0 Å². The van der Waals surface area contributed by atoms with Gasteiger partial charge in [-0.3, -0.25) is 5.41 Å². The maximum atomic E-state index is 8.55. The van der Waals surface area contributed by atoms with Gasteiger partial charge in [0.15, 0.2) is 0 Å². The first-order chi connectivity index (χ1) is 9.45. The van der Waals surface area contributed by atoms with Crippen LogP contribution in [0.3, 0.4) is 0 Å². The average molecular weight is 271 g/mol. The van der Waals surface area contributed by atoms with E-state index in [9.17, 15) is 0 Å². The number of amidine groups is 1. The third kappa shape index (κ3) is 2.58. The number of piperidine rings is 1. The summed E-state index contributed by atoms with van der Waals surface area (Å²) in [6, 6.07) is 4.41. The standard InChI is InChI=1S/C17H25N3/c1-11-9-12(2)16(13(3)10-11)20-8-6-7-15(17(20)18)14(4)19-5/h9-10,18-19H,6-8H2,1-5H3/b15-14-,18-17?. The molecule has 108 valence electrons. The summed E-state index contributed by atoms with van der Waals surface area (Å²) >= 11 is 0. The lowest BCUT2D eigenvalue weighted by Crippen LogP contribution is -2.38. The molecule has 20 heavy (non-hydrogen) atoms. The highest BCUT2D eigenvalue weighted by atomic mass is 15.2. The largest absolute Gasteiger partial charge is 0.391 e. The molecular formula is C17H25N3. The summed E-state index contributed by atoms with van der Waals surface area (Å²) in [5.74, 6) is 0.651. The van der Waals surface area contributed by atoms with Gasteiger partial charge in [0.25, 0.3) is 0 Å². The first-order valence-electron chi connectivity index (χ1n) is 7.27. The molecule has 0 aromatic heterocycles. The molecule has 1 fully saturated rings. The Kier molecular flexibility index (Phi) is 4.17. The third-order valence-electron chi connectivity index (χ3n) is 4.10. The second-order valence-electron chi connectivity index (χ2n) is 5.70. The van der Waals surface area contributed by atoms with Gasteiger partial charge in [-0.2, -0.15) is 0 Å². The molecule has 0 amide bonds. The molecule has 1 aromatic carbocycles. The van der Waals surface area contributed by atoms with Crippen LogP contribution in [0.15, 0.2) is 23.4 Å². The van der Waals surface area contributed by atoms with Crippen molar-refractivity contribution < 1.29 is 0 Å². The topological polar surface area (TPSA) is 39.1 Å². The molecular weight excluding hydrogens is 246 g/mol. The van der Waals surface area contributed by atoms with Crippen LogP contribution >= 0.6 is 0 Å². The fourth-order valence-electron chi connectivity index (χ4n) is 3.14. The van der Waals surface area contributed by atoms with Gasteiger partial charge in [0.2, 0.25) is 0 Å². The zero-order valence-electron chi connectivity index (χ0n) is 13.2. The van der Waals surface area contributed by atoms with Crippen LogP contribution in [0.5, 0.6) is 0 Å². The van der Waals surface area contributed by atoms with Crippen molar-refractivity contribution in [1.82, 2.24) is 5.32 Å². The number of rotatable bonds is 2. The lowest BCUT2D eigenvalue weighted by molar-refractivity contribution is 0.763. The van der Waals surface area contributed by atoms with Crippen LogP contribution in [0.1, 0.15) is 36.5 Å². The zero-order valence-corrected chi connectivity index (χ0v) is 13.2. The molecule has 1 heterocycles. The second-order valence-corrected chi connectivity index (χ2v) is 5.70. The lowest BCUT2D eigenvalue weighted by atomic mass is 9.97. The minimum atomic E-state index is 0.651. The van der Waals surface area contributed by atoms with Crippen molar-refractivity contribution in [2.75, 3.05) is 18.5 Å². The van der Waals surface area contributed by atoms with Crippen LogP contribution in [0.2, 0.25) is 0 Å². The maximum absolute atomic E-state index is 8.55. The first kappa shape index (κ1) is 14.6. The van der Waals surface area contributed by atoms with Gasteiger partial charge in [-0.05, 0) is 51.7 Å². The molecule has 1 saturated heterocycles. The Bertz CT molecular complexity index is 547. The van der Waals surface area contributed by atoms with Crippen LogP contribution in [0.4, 0.5) is 5.69 Å². The van der Waals surface area contributed by atoms with Gasteiger partial charge < -0.3 is 10.2 Å². The van der Waals surface area contributed by atoms with Crippen molar-refractivity contribution in [3.8, 4) is 0 Å². The van der Waals surface area contributed by atoms with Crippen molar-refractivity contribution >= 4 is 11.5 Å². The minimum absolute atomic E-state index is 0.651. The number of aryl methyl sites for hydroxylation is 3. The number of benzene rings is 1. The molecule has 2 rings (SSSR count). The Morgan fingerprint density at radius 1 is 1.20 bits per heavy atom. The van der Waals surface area contributed by atoms with Crippen LogP contribution in [0.25, 0.3) is 0 Å². The maximum Gasteiger partial charge on any atom is 0.130 e.